The highest BCUT2D eigenvalue weighted by Crippen LogP contribution is 2.25. The fourth-order valence-electron chi connectivity index (χ4n) is 2.15. The maximum atomic E-state index is 12.2. The highest BCUT2D eigenvalue weighted by atomic mass is 79.9. The van der Waals surface area contributed by atoms with Gasteiger partial charge in [0.2, 0.25) is 0 Å². The van der Waals surface area contributed by atoms with Gasteiger partial charge in [-0.25, -0.2) is 9.48 Å². The number of nitrogens with zero attached hydrogens (tertiary/aromatic N) is 2. The molecule has 1 aromatic carbocycles. The Hall–Kier alpha value is -2.48. The number of ether oxygens (including phenoxy) is 2. The zero-order valence-electron chi connectivity index (χ0n) is 14.5. The summed E-state index contributed by atoms with van der Waals surface area (Å²) < 4.78 is 12.0. The van der Waals surface area contributed by atoms with Crippen LogP contribution in [0.3, 0.4) is 0 Å². The molecular weight excluding hydrogens is 404 g/mol. The normalized spacial score (nSPS) is 10.4. The van der Waals surface area contributed by atoms with E-state index in [9.17, 15) is 14.4 Å². The Balaban J connectivity index is 2.03. The molecular formula is C18H19BrN2O5. The molecule has 0 saturated heterocycles. The minimum Gasteiger partial charge on any atom is -0.496 e. The van der Waals surface area contributed by atoms with Crippen LogP contribution in [-0.2, 0) is 11.3 Å². The Morgan fingerprint density at radius 1 is 1.23 bits per heavy atom. The van der Waals surface area contributed by atoms with Crippen LogP contribution < -0.4 is 10.3 Å². The molecule has 0 atom stereocenters. The molecule has 0 bridgehead atoms. The Bertz CT molecular complexity index is 863. The van der Waals surface area contributed by atoms with E-state index in [1.54, 1.807) is 18.2 Å². The smallest absolute Gasteiger partial charge is 0.359 e. The quantitative estimate of drug-likeness (QED) is 0.480. The number of hydrogen-bond donors (Lipinski definition) is 0. The van der Waals surface area contributed by atoms with Crippen LogP contribution in [0.5, 0.6) is 5.75 Å². The molecule has 0 aliphatic carbocycles. The lowest BCUT2D eigenvalue weighted by molar-refractivity contribution is 0.0466. The van der Waals surface area contributed by atoms with Crippen molar-refractivity contribution in [1.29, 1.82) is 0 Å². The van der Waals surface area contributed by atoms with Crippen LogP contribution in [-0.4, -0.2) is 35.2 Å². The van der Waals surface area contributed by atoms with E-state index in [4.69, 9.17) is 9.47 Å². The van der Waals surface area contributed by atoms with Crippen molar-refractivity contribution in [1.82, 2.24) is 9.78 Å². The van der Waals surface area contributed by atoms with E-state index >= 15 is 0 Å². The van der Waals surface area contributed by atoms with Crippen LogP contribution in [0, 0.1) is 0 Å². The van der Waals surface area contributed by atoms with Gasteiger partial charge in [-0.05, 0) is 46.6 Å². The third kappa shape index (κ3) is 5.01. The molecule has 0 radical (unpaired) electrons. The van der Waals surface area contributed by atoms with Crippen molar-refractivity contribution in [3.05, 3.63) is 56.4 Å². The second kappa shape index (κ2) is 9.28. The fourth-order valence-corrected chi connectivity index (χ4v) is 2.69. The van der Waals surface area contributed by atoms with Crippen molar-refractivity contribution in [2.45, 2.75) is 26.3 Å². The van der Waals surface area contributed by atoms with Gasteiger partial charge in [-0.3, -0.25) is 9.59 Å². The van der Waals surface area contributed by atoms with Gasteiger partial charge in [-0.1, -0.05) is 13.3 Å². The summed E-state index contributed by atoms with van der Waals surface area (Å²) in [7, 11) is 1.52. The molecule has 0 N–H and O–H groups in total. The van der Waals surface area contributed by atoms with E-state index < -0.39 is 12.6 Å². The number of aryl methyl sites for hydroxylation is 1. The molecule has 2 aromatic rings. The fraction of sp³-hybridized carbons (Fsp3) is 0.333. The molecule has 7 nitrogen and oxygen atoms in total. The van der Waals surface area contributed by atoms with Crippen LogP contribution in [0.1, 0.15) is 40.6 Å². The molecule has 0 spiro atoms. The minimum atomic E-state index is -0.754. The number of carbonyl (C=O) groups is 2. The van der Waals surface area contributed by atoms with Crippen molar-refractivity contribution in [3.8, 4) is 5.75 Å². The van der Waals surface area contributed by atoms with E-state index in [0.29, 0.717) is 22.3 Å². The SMILES string of the molecule is CCCCn1nc(C(=O)OCC(=O)c2ccc(OC)c(Br)c2)ccc1=O. The zero-order chi connectivity index (χ0) is 19.1. The number of unbranched alkanes of at least 4 members (excludes halogenated alkanes) is 1. The Morgan fingerprint density at radius 3 is 2.65 bits per heavy atom. The Kier molecular flexibility index (Phi) is 7.08. The van der Waals surface area contributed by atoms with Crippen LogP contribution in [0.15, 0.2) is 39.6 Å². The third-order valence-electron chi connectivity index (χ3n) is 3.61. The number of carbonyl (C=O) groups excluding carboxylic acids is 2. The molecule has 0 aliphatic heterocycles. The molecule has 8 heteroatoms. The molecule has 0 fully saturated rings. The summed E-state index contributed by atoms with van der Waals surface area (Å²) in [6, 6.07) is 7.38. The number of hydrogen-bond acceptors (Lipinski definition) is 6. The van der Waals surface area contributed by atoms with E-state index in [1.807, 2.05) is 6.92 Å². The predicted molar refractivity (Wildman–Crippen MR) is 98.7 cm³/mol. The Morgan fingerprint density at radius 2 is 2.00 bits per heavy atom. The number of methoxy groups -OCH3 is 1. The maximum absolute atomic E-state index is 12.2. The standard InChI is InChI=1S/C18H19BrN2O5/c1-3-4-9-21-17(23)8-6-14(20-21)18(24)26-11-15(22)12-5-7-16(25-2)13(19)10-12/h5-8,10H,3-4,9,11H2,1-2H3. The van der Waals surface area contributed by atoms with Gasteiger partial charge < -0.3 is 9.47 Å². The number of halogens is 1. The number of esters is 1. The number of benzene rings is 1. The van der Waals surface area contributed by atoms with Crippen molar-refractivity contribution in [2.75, 3.05) is 13.7 Å². The zero-order valence-corrected chi connectivity index (χ0v) is 16.1. The summed E-state index contributed by atoms with van der Waals surface area (Å²) in [5.41, 5.74) is 0.0879. The van der Waals surface area contributed by atoms with E-state index in [0.717, 1.165) is 12.8 Å². The predicted octanol–water partition coefficient (Wildman–Crippen LogP) is 2.85. The molecule has 1 heterocycles. The molecule has 0 saturated carbocycles. The van der Waals surface area contributed by atoms with Gasteiger partial charge in [-0.2, -0.15) is 5.10 Å². The largest absolute Gasteiger partial charge is 0.496 e. The summed E-state index contributed by atoms with van der Waals surface area (Å²) in [6.45, 7) is 1.99. The highest BCUT2D eigenvalue weighted by Gasteiger charge is 2.15. The summed E-state index contributed by atoms with van der Waals surface area (Å²) in [5.74, 6) is -0.519. The maximum Gasteiger partial charge on any atom is 0.359 e. The summed E-state index contributed by atoms with van der Waals surface area (Å²) in [6.07, 6.45) is 1.67. The van der Waals surface area contributed by atoms with Crippen molar-refractivity contribution in [3.63, 3.8) is 0 Å². The summed E-state index contributed by atoms with van der Waals surface area (Å²) in [5, 5.41) is 3.99. The van der Waals surface area contributed by atoms with E-state index in [2.05, 4.69) is 21.0 Å². The minimum absolute atomic E-state index is 0.00980. The number of Topliss-reactive ketones (excluding diaryl/α,β-unsaturated/α-hetero) is 1. The molecule has 26 heavy (non-hydrogen) atoms. The van der Waals surface area contributed by atoms with Crippen molar-refractivity contribution in [2.24, 2.45) is 0 Å². The molecule has 0 unspecified atom stereocenters. The van der Waals surface area contributed by atoms with Crippen molar-refractivity contribution < 1.29 is 19.1 Å². The second-order valence-corrected chi connectivity index (χ2v) is 6.34. The average molecular weight is 423 g/mol. The molecule has 0 aliphatic rings. The molecule has 138 valence electrons. The number of ketones is 1. The number of rotatable bonds is 8. The van der Waals surface area contributed by atoms with Gasteiger partial charge in [0.25, 0.3) is 5.56 Å². The first-order valence-corrected chi connectivity index (χ1v) is 8.87. The van der Waals surface area contributed by atoms with Gasteiger partial charge in [0.15, 0.2) is 18.1 Å². The molecule has 1 aromatic heterocycles. The lowest BCUT2D eigenvalue weighted by Gasteiger charge is -2.08. The monoisotopic (exact) mass is 422 g/mol. The topological polar surface area (TPSA) is 87.5 Å². The Labute approximate surface area is 159 Å². The first kappa shape index (κ1) is 19.8. The first-order chi connectivity index (χ1) is 12.5. The van der Waals surface area contributed by atoms with Gasteiger partial charge in [0.05, 0.1) is 11.6 Å². The van der Waals surface area contributed by atoms with E-state index in [1.165, 1.54) is 23.9 Å². The van der Waals surface area contributed by atoms with E-state index in [-0.39, 0.29) is 17.0 Å². The van der Waals surface area contributed by atoms with Gasteiger partial charge >= 0.3 is 5.97 Å². The summed E-state index contributed by atoms with van der Waals surface area (Å²) in [4.78, 5) is 36.0. The van der Waals surface area contributed by atoms with Crippen LogP contribution in [0.25, 0.3) is 0 Å². The molecule has 0 amide bonds. The third-order valence-corrected chi connectivity index (χ3v) is 4.23. The highest BCUT2D eigenvalue weighted by molar-refractivity contribution is 9.10. The number of aromatic nitrogens is 2. The van der Waals surface area contributed by atoms with Gasteiger partial charge in [-0.15, -0.1) is 0 Å². The van der Waals surface area contributed by atoms with Crippen LogP contribution in [0.4, 0.5) is 0 Å². The lowest BCUT2D eigenvalue weighted by atomic mass is 10.1. The van der Waals surface area contributed by atoms with Crippen LogP contribution in [0.2, 0.25) is 0 Å². The second-order valence-electron chi connectivity index (χ2n) is 5.48. The van der Waals surface area contributed by atoms with Gasteiger partial charge in [0.1, 0.15) is 5.75 Å². The van der Waals surface area contributed by atoms with Crippen LogP contribution >= 0.6 is 15.9 Å². The van der Waals surface area contributed by atoms with Crippen molar-refractivity contribution >= 4 is 27.7 Å². The lowest BCUT2D eigenvalue weighted by Crippen LogP contribution is -2.25. The van der Waals surface area contributed by atoms with Gasteiger partial charge in [0, 0.05) is 18.2 Å². The average Bonchev–Trinajstić information content (AvgIpc) is 2.65. The first-order valence-electron chi connectivity index (χ1n) is 8.08. The summed E-state index contributed by atoms with van der Waals surface area (Å²) >= 11 is 3.30. The molecule has 2 rings (SSSR count).